The van der Waals surface area contributed by atoms with Crippen molar-refractivity contribution in [2.75, 3.05) is 0 Å². The summed E-state index contributed by atoms with van der Waals surface area (Å²) in [6, 6.07) is 8.19. The van der Waals surface area contributed by atoms with E-state index in [0.29, 0.717) is 11.3 Å². The summed E-state index contributed by atoms with van der Waals surface area (Å²) >= 11 is 3.02. The molecule has 0 unspecified atom stereocenters. The van der Waals surface area contributed by atoms with Gasteiger partial charge in [0, 0.05) is 0 Å². The number of benzene rings is 2. The molecule has 0 aliphatic heterocycles. The summed E-state index contributed by atoms with van der Waals surface area (Å²) in [5.41, 5.74) is 0.458. The molecule has 2 aromatic carbocycles. The highest BCUT2D eigenvalue weighted by molar-refractivity contribution is 9.10. The Kier molecular flexibility index (Phi) is 3.93. The minimum atomic E-state index is -0.581. The predicted molar refractivity (Wildman–Crippen MR) is 66.5 cm³/mol. The fraction of sp³-hybridized carbons (Fsp3) is 0.0769. The first kappa shape index (κ1) is 13.0. The predicted octanol–water partition coefficient (Wildman–Crippen LogP) is 4.01. The number of rotatable bonds is 3. The molecule has 94 valence electrons. The molecule has 0 amide bonds. The average molecular weight is 315 g/mol. The second-order valence-corrected chi connectivity index (χ2v) is 4.46. The van der Waals surface area contributed by atoms with Gasteiger partial charge >= 0.3 is 0 Å². The summed E-state index contributed by atoms with van der Waals surface area (Å²) < 4.78 is 32.1. The van der Waals surface area contributed by atoms with Crippen molar-refractivity contribution in [1.82, 2.24) is 0 Å². The second kappa shape index (κ2) is 5.46. The van der Waals surface area contributed by atoms with Crippen molar-refractivity contribution in [3.63, 3.8) is 0 Å². The van der Waals surface area contributed by atoms with Gasteiger partial charge in [-0.2, -0.15) is 0 Å². The van der Waals surface area contributed by atoms with Crippen LogP contribution in [0.15, 0.2) is 40.9 Å². The van der Waals surface area contributed by atoms with Gasteiger partial charge in [-0.05, 0) is 51.8 Å². The molecule has 0 aliphatic carbocycles. The van der Waals surface area contributed by atoms with Crippen LogP contribution < -0.4 is 4.74 Å². The molecule has 0 spiro atoms. The van der Waals surface area contributed by atoms with Crippen LogP contribution in [0, 0.1) is 11.6 Å². The minimum Gasteiger partial charge on any atom is -0.454 e. The van der Waals surface area contributed by atoms with E-state index in [1.807, 2.05) is 0 Å². The van der Waals surface area contributed by atoms with Gasteiger partial charge in [0.1, 0.15) is 11.6 Å². The Hall–Kier alpha value is -1.46. The molecule has 0 fully saturated rings. The highest BCUT2D eigenvalue weighted by Gasteiger charge is 2.07. The molecule has 2 rings (SSSR count). The Morgan fingerprint density at radius 2 is 1.83 bits per heavy atom. The molecule has 5 heteroatoms. The maximum Gasteiger partial charge on any atom is 0.166 e. The van der Waals surface area contributed by atoms with E-state index in [0.717, 1.165) is 0 Å². The zero-order valence-electron chi connectivity index (χ0n) is 9.16. The Bertz CT molecular complexity index is 573. The van der Waals surface area contributed by atoms with Gasteiger partial charge in [0.05, 0.1) is 11.1 Å². The van der Waals surface area contributed by atoms with Gasteiger partial charge in [0.25, 0.3) is 0 Å². The monoisotopic (exact) mass is 314 g/mol. The average Bonchev–Trinajstić information content (AvgIpc) is 2.36. The van der Waals surface area contributed by atoms with Crippen LogP contribution in [0.1, 0.15) is 5.56 Å². The van der Waals surface area contributed by atoms with Gasteiger partial charge < -0.3 is 9.84 Å². The van der Waals surface area contributed by atoms with E-state index in [1.54, 1.807) is 6.07 Å². The maximum atomic E-state index is 13.6. The lowest BCUT2D eigenvalue weighted by atomic mass is 10.2. The molecule has 0 radical (unpaired) electrons. The zero-order chi connectivity index (χ0) is 13.1. The number of hydrogen-bond donors (Lipinski definition) is 1. The lowest BCUT2D eigenvalue weighted by Gasteiger charge is -2.08. The summed E-state index contributed by atoms with van der Waals surface area (Å²) in [6.45, 7) is -0.237. The van der Waals surface area contributed by atoms with Crippen molar-refractivity contribution in [3.05, 3.63) is 58.1 Å². The van der Waals surface area contributed by atoms with Gasteiger partial charge in [0.2, 0.25) is 0 Å². The molecule has 2 aromatic rings. The van der Waals surface area contributed by atoms with Crippen LogP contribution in [0.2, 0.25) is 0 Å². The molecule has 0 atom stereocenters. The maximum absolute atomic E-state index is 13.6. The largest absolute Gasteiger partial charge is 0.454 e. The summed E-state index contributed by atoms with van der Waals surface area (Å²) in [5, 5.41) is 8.85. The fourth-order valence-corrected chi connectivity index (χ4v) is 1.75. The smallest absolute Gasteiger partial charge is 0.166 e. The highest BCUT2D eigenvalue weighted by Crippen LogP contribution is 2.28. The van der Waals surface area contributed by atoms with Crippen LogP contribution >= 0.6 is 15.9 Å². The van der Waals surface area contributed by atoms with Crippen LogP contribution in [0.25, 0.3) is 0 Å². The van der Waals surface area contributed by atoms with Crippen molar-refractivity contribution in [3.8, 4) is 11.5 Å². The van der Waals surface area contributed by atoms with Gasteiger partial charge in [0.15, 0.2) is 11.6 Å². The molecule has 0 saturated heterocycles. The number of aliphatic hydroxyl groups excluding tert-OH is 1. The van der Waals surface area contributed by atoms with Crippen LogP contribution in [-0.2, 0) is 6.61 Å². The van der Waals surface area contributed by atoms with E-state index in [9.17, 15) is 8.78 Å². The Morgan fingerprint density at radius 3 is 2.44 bits per heavy atom. The fourth-order valence-electron chi connectivity index (χ4n) is 1.39. The molecule has 0 bridgehead atoms. The third-order valence-corrected chi connectivity index (χ3v) is 2.91. The summed E-state index contributed by atoms with van der Waals surface area (Å²) in [6.07, 6.45) is 0. The Morgan fingerprint density at radius 1 is 1.06 bits per heavy atom. The van der Waals surface area contributed by atoms with E-state index in [4.69, 9.17) is 9.84 Å². The molecule has 0 aromatic heterocycles. The van der Waals surface area contributed by atoms with Crippen LogP contribution in [-0.4, -0.2) is 5.11 Å². The first-order chi connectivity index (χ1) is 8.60. The number of halogens is 3. The second-order valence-electron chi connectivity index (χ2n) is 3.60. The van der Waals surface area contributed by atoms with Crippen LogP contribution in [0.5, 0.6) is 11.5 Å². The summed E-state index contributed by atoms with van der Waals surface area (Å²) in [4.78, 5) is 0. The number of hydrogen-bond acceptors (Lipinski definition) is 2. The molecule has 0 heterocycles. The van der Waals surface area contributed by atoms with Crippen LogP contribution in [0.3, 0.4) is 0 Å². The zero-order valence-corrected chi connectivity index (χ0v) is 10.7. The molecule has 2 nitrogen and oxygen atoms in total. The third kappa shape index (κ3) is 2.86. The van der Waals surface area contributed by atoms with E-state index in [-0.39, 0.29) is 16.8 Å². The van der Waals surface area contributed by atoms with Gasteiger partial charge in [-0.1, -0.05) is 6.07 Å². The lowest BCUT2D eigenvalue weighted by Crippen LogP contribution is -1.91. The minimum absolute atomic E-state index is 0.0192. The van der Waals surface area contributed by atoms with Crippen molar-refractivity contribution in [2.24, 2.45) is 0 Å². The Labute approximate surface area is 111 Å². The van der Waals surface area contributed by atoms with Crippen molar-refractivity contribution in [2.45, 2.75) is 6.61 Å². The topological polar surface area (TPSA) is 29.5 Å². The lowest BCUT2D eigenvalue weighted by molar-refractivity contribution is 0.281. The molecular weight excluding hydrogens is 306 g/mol. The highest BCUT2D eigenvalue weighted by atomic mass is 79.9. The normalized spacial score (nSPS) is 10.4. The van der Waals surface area contributed by atoms with Crippen molar-refractivity contribution >= 4 is 15.9 Å². The number of ether oxygens (including phenoxy) is 1. The van der Waals surface area contributed by atoms with E-state index in [1.165, 1.54) is 30.3 Å². The van der Waals surface area contributed by atoms with Gasteiger partial charge in [-0.25, -0.2) is 8.78 Å². The molecule has 0 aliphatic rings. The van der Waals surface area contributed by atoms with Crippen molar-refractivity contribution in [1.29, 1.82) is 0 Å². The SMILES string of the molecule is OCc1ccc(Oc2ccc(F)c(Br)c2)c(F)c1. The molecular formula is C13H9BrF2O2. The first-order valence-electron chi connectivity index (χ1n) is 5.12. The molecule has 0 saturated carbocycles. The third-order valence-electron chi connectivity index (χ3n) is 2.30. The van der Waals surface area contributed by atoms with E-state index in [2.05, 4.69) is 15.9 Å². The first-order valence-corrected chi connectivity index (χ1v) is 5.91. The molecule has 18 heavy (non-hydrogen) atoms. The Balaban J connectivity index is 2.25. The standard InChI is InChI=1S/C13H9BrF2O2/c14-10-6-9(2-3-11(10)15)18-13-4-1-8(7-17)5-12(13)16/h1-6,17H,7H2. The quantitative estimate of drug-likeness (QED) is 0.927. The van der Waals surface area contributed by atoms with Crippen LogP contribution in [0.4, 0.5) is 8.78 Å². The van der Waals surface area contributed by atoms with Gasteiger partial charge in [-0.3, -0.25) is 0 Å². The summed E-state index contributed by atoms with van der Waals surface area (Å²) in [5.74, 6) is -0.662. The molecule has 1 N–H and O–H groups in total. The van der Waals surface area contributed by atoms with Gasteiger partial charge in [-0.15, -0.1) is 0 Å². The van der Waals surface area contributed by atoms with E-state index >= 15 is 0 Å². The summed E-state index contributed by atoms with van der Waals surface area (Å²) in [7, 11) is 0. The number of aliphatic hydroxyl groups is 1. The van der Waals surface area contributed by atoms with Crippen molar-refractivity contribution < 1.29 is 18.6 Å². The van der Waals surface area contributed by atoms with E-state index < -0.39 is 11.6 Å².